The summed E-state index contributed by atoms with van der Waals surface area (Å²) in [6.07, 6.45) is 8.00. The average molecular weight is 858 g/mol. The number of benzene rings is 1. The first kappa shape index (κ1) is 48.7. The number of rotatable bonds is 21. The minimum absolute atomic E-state index is 0.0352. The number of amides is 6. The van der Waals surface area contributed by atoms with Gasteiger partial charge in [-0.05, 0) is 43.1 Å². The first-order chi connectivity index (χ1) is 28.3. The van der Waals surface area contributed by atoms with Crippen LogP contribution in [0.15, 0.2) is 47.8 Å². The standard InChI is InChI=1S/C39H55N9O11S/c1-6-24(5)33(46-35(51)27(19-23(3)4)43-36(52)29-21-41-17-18-42-29)37(53)44-28(20-25-13-9-8-10-14-25)39(55)47(22-32(49)45-38(54)34(50)26(40)7-2)60(58,59)31-16-12-11-15-30(31)48(56)57/h11-12,15-18,21,23-28,33H,6-10,13-14,19-20,22,40H2,1-5H3,(H,43,52)(H,44,53)(H,46,51)(H,45,49,54)/t24-,26?,27-,28-,33-/m0/s1. The van der Waals surface area contributed by atoms with E-state index in [-0.39, 0.29) is 41.1 Å². The van der Waals surface area contributed by atoms with E-state index in [9.17, 15) is 52.1 Å². The summed E-state index contributed by atoms with van der Waals surface area (Å²) < 4.78 is 28.7. The average Bonchev–Trinajstić information content (AvgIpc) is 3.23. The van der Waals surface area contributed by atoms with Gasteiger partial charge in [-0.1, -0.05) is 85.3 Å². The van der Waals surface area contributed by atoms with Crippen molar-refractivity contribution >= 4 is 56.9 Å². The highest BCUT2D eigenvalue weighted by Gasteiger charge is 2.42. The van der Waals surface area contributed by atoms with Crippen LogP contribution in [0.25, 0.3) is 0 Å². The fourth-order valence-corrected chi connectivity index (χ4v) is 8.20. The van der Waals surface area contributed by atoms with Crippen molar-refractivity contribution in [2.24, 2.45) is 23.5 Å². The molecule has 1 aromatic carbocycles. The van der Waals surface area contributed by atoms with Crippen LogP contribution in [0, 0.1) is 27.9 Å². The number of aromatic nitrogens is 2. The minimum Gasteiger partial charge on any atom is -0.342 e. The van der Waals surface area contributed by atoms with Crippen LogP contribution in [0.3, 0.4) is 0 Å². The molecule has 328 valence electrons. The summed E-state index contributed by atoms with van der Waals surface area (Å²) in [5.74, 6) is -8.64. The maximum Gasteiger partial charge on any atom is 0.295 e. The molecule has 6 amide bonds. The third kappa shape index (κ3) is 13.4. The molecule has 1 unspecified atom stereocenters. The van der Waals surface area contributed by atoms with E-state index in [0.29, 0.717) is 19.3 Å². The van der Waals surface area contributed by atoms with E-state index in [0.717, 1.165) is 31.4 Å². The Morgan fingerprint density at radius 3 is 2.17 bits per heavy atom. The Morgan fingerprint density at radius 1 is 0.917 bits per heavy atom. The van der Waals surface area contributed by atoms with Gasteiger partial charge < -0.3 is 21.7 Å². The molecular formula is C39H55N9O11S. The van der Waals surface area contributed by atoms with Crippen LogP contribution in [0.2, 0.25) is 0 Å². The lowest BCUT2D eigenvalue weighted by molar-refractivity contribution is -0.387. The Hall–Kier alpha value is -5.70. The van der Waals surface area contributed by atoms with Gasteiger partial charge in [0.25, 0.3) is 33.4 Å². The molecule has 0 saturated heterocycles. The molecule has 1 aromatic heterocycles. The van der Waals surface area contributed by atoms with Gasteiger partial charge in [-0.15, -0.1) is 0 Å². The number of imide groups is 1. The maximum absolute atomic E-state index is 14.7. The normalized spacial score (nSPS) is 15.7. The van der Waals surface area contributed by atoms with Crippen molar-refractivity contribution in [1.29, 1.82) is 0 Å². The molecule has 0 bridgehead atoms. The summed E-state index contributed by atoms with van der Waals surface area (Å²) in [5, 5.41) is 21.7. The number of nitrogens with zero attached hydrogens (tertiary/aromatic N) is 4. The number of nitrogens with one attached hydrogen (secondary N) is 4. The zero-order valence-electron chi connectivity index (χ0n) is 34.4. The largest absolute Gasteiger partial charge is 0.342 e. The Balaban J connectivity index is 2.06. The van der Waals surface area contributed by atoms with Gasteiger partial charge in [0.1, 0.15) is 30.4 Å². The van der Waals surface area contributed by atoms with Crippen molar-refractivity contribution in [2.75, 3.05) is 6.54 Å². The molecule has 0 aliphatic heterocycles. The second kappa shape index (κ2) is 22.6. The van der Waals surface area contributed by atoms with Crippen LogP contribution in [-0.4, -0.2) is 99.6 Å². The molecular weight excluding hydrogens is 803 g/mol. The van der Waals surface area contributed by atoms with Gasteiger partial charge >= 0.3 is 0 Å². The molecule has 6 N–H and O–H groups in total. The van der Waals surface area contributed by atoms with Crippen molar-refractivity contribution in [3.63, 3.8) is 0 Å². The molecule has 1 fully saturated rings. The highest BCUT2D eigenvalue weighted by atomic mass is 32.2. The fraction of sp³-hybridized carbons (Fsp3) is 0.564. The molecule has 1 saturated carbocycles. The summed E-state index contributed by atoms with van der Waals surface area (Å²) in [6, 6.07) is -1.33. The van der Waals surface area contributed by atoms with E-state index in [1.807, 2.05) is 13.8 Å². The number of hydrogen-bond acceptors (Lipinski definition) is 14. The van der Waals surface area contributed by atoms with Crippen LogP contribution in [0.4, 0.5) is 5.69 Å². The number of nitrogens with two attached hydrogens (primary N) is 1. The first-order valence-corrected chi connectivity index (χ1v) is 21.4. The SMILES string of the molecule is CCC(N)C(=O)C(=O)NC(=O)CN(C(=O)[C@H](CC1CCCCC1)NC(=O)[C@@H](NC(=O)[C@H](CC(C)C)NC(=O)c1cnccn1)[C@@H](C)CC)S(=O)(=O)c1ccccc1[N+](=O)[O-]. The Kier molecular flexibility index (Phi) is 18.3. The number of hydrogen-bond donors (Lipinski definition) is 5. The van der Waals surface area contributed by atoms with E-state index in [1.54, 1.807) is 19.2 Å². The van der Waals surface area contributed by atoms with Crippen molar-refractivity contribution in [2.45, 2.75) is 121 Å². The van der Waals surface area contributed by atoms with E-state index in [4.69, 9.17) is 5.73 Å². The van der Waals surface area contributed by atoms with Crippen molar-refractivity contribution < 1.29 is 46.9 Å². The van der Waals surface area contributed by atoms with Gasteiger partial charge in [-0.3, -0.25) is 54.0 Å². The summed E-state index contributed by atoms with van der Waals surface area (Å²) in [7, 11) is -5.30. The van der Waals surface area contributed by atoms with Crippen molar-refractivity contribution in [3.8, 4) is 0 Å². The van der Waals surface area contributed by atoms with Crippen molar-refractivity contribution in [3.05, 3.63) is 58.7 Å². The Bertz CT molecular complexity index is 1990. The highest BCUT2D eigenvalue weighted by Crippen LogP contribution is 2.30. The molecule has 3 rings (SSSR count). The molecule has 1 aliphatic rings. The number of nitro benzene ring substituents is 1. The fourth-order valence-electron chi connectivity index (χ4n) is 6.66. The molecule has 0 radical (unpaired) electrons. The summed E-state index contributed by atoms with van der Waals surface area (Å²) >= 11 is 0. The second-order valence-electron chi connectivity index (χ2n) is 15.2. The van der Waals surface area contributed by atoms with Gasteiger partial charge in [0.15, 0.2) is 4.90 Å². The van der Waals surface area contributed by atoms with Crippen LogP contribution < -0.4 is 27.0 Å². The van der Waals surface area contributed by atoms with E-state index < -0.39 is 103 Å². The molecule has 0 spiro atoms. The van der Waals surface area contributed by atoms with E-state index in [2.05, 4.69) is 25.9 Å². The monoisotopic (exact) mass is 857 g/mol. The molecule has 1 heterocycles. The molecule has 60 heavy (non-hydrogen) atoms. The highest BCUT2D eigenvalue weighted by molar-refractivity contribution is 7.89. The van der Waals surface area contributed by atoms with E-state index in [1.165, 1.54) is 37.6 Å². The van der Waals surface area contributed by atoms with Gasteiger partial charge in [0.05, 0.1) is 17.2 Å². The van der Waals surface area contributed by atoms with Gasteiger partial charge in [0, 0.05) is 18.5 Å². The van der Waals surface area contributed by atoms with Crippen molar-refractivity contribution in [1.82, 2.24) is 35.5 Å². The van der Waals surface area contributed by atoms with Gasteiger partial charge in [0.2, 0.25) is 23.5 Å². The molecule has 2 aromatic rings. The lowest BCUT2D eigenvalue weighted by atomic mass is 9.84. The molecule has 1 aliphatic carbocycles. The summed E-state index contributed by atoms with van der Waals surface area (Å²) in [5.41, 5.74) is 4.67. The van der Waals surface area contributed by atoms with E-state index >= 15 is 0 Å². The summed E-state index contributed by atoms with van der Waals surface area (Å²) in [4.78, 5) is 112. The quantitative estimate of drug-likeness (QED) is 0.0678. The van der Waals surface area contributed by atoms with Crippen LogP contribution >= 0.6 is 0 Å². The Morgan fingerprint density at radius 2 is 1.58 bits per heavy atom. The smallest absolute Gasteiger partial charge is 0.295 e. The Labute approximate surface area is 348 Å². The number of sulfonamides is 1. The zero-order valence-corrected chi connectivity index (χ0v) is 35.2. The predicted octanol–water partition coefficient (Wildman–Crippen LogP) is 1.68. The molecule has 21 heteroatoms. The van der Waals surface area contributed by atoms with Gasteiger partial charge in [-0.2, -0.15) is 0 Å². The number of Topliss-reactive ketones (excluding diaryl/α,β-unsaturated/α-hetero) is 1. The third-order valence-electron chi connectivity index (χ3n) is 10.2. The number of nitro groups is 1. The lowest BCUT2D eigenvalue weighted by Crippen LogP contribution is -2.60. The number of para-hydroxylation sites is 1. The lowest BCUT2D eigenvalue weighted by Gasteiger charge is -2.32. The van der Waals surface area contributed by atoms with Crippen LogP contribution in [0.1, 0.15) is 103 Å². The first-order valence-electron chi connectivity index (χ1n) is 19.9. The second-order valence-corrected chi connectivity index (χ2v) is 17.1. The minimum atomic E-state index is -5.30. The number of ketones is 1. The molecule has 20 nitrogen and oxygen atoms in total. The number of carbonyl (C=O) groups is 7. The third-order valence-corrected chi connectivity index (χ3v) is 12.0. The predicted molar refractivity (Wildman–Crippen MR) is 216 cm³/mol. The summed E-state index contributed by atoms with van der Waals surface area (Å²) in [6.45, 7) is 7.16. The topological polar surface area (TPSA) is 300 Å². The maximum atomic E-state index is 14.7. The van der Waals surface area contributed by atoms with Gasteiger partial charge in [-0.25, -0.2) is 17.7 Å². The van der Waals surface area contributed by atoms with Crippen LogP contribution in [-0.2, 0) is 38.8 Å². The molecule has 5 atom stereocenters. The zero-order chi connectivity index (χ0) is 44.7. The van der Waals surface area contributed by atoms with Crippen LogP contribution in [0.5, 0.6) is 0 Å². The number of carbonyl (C=O) groups excluding carboxylic acids is 7.